The fourth-order valence-electron chi connectivity index (χ4n) is 1.78. The highest BCUT2D eigenvalue weighted by Gasteiger charge is 2.08. The molecule has 1 aromatic heterocycles. The second-order valence-electron chi connectivity index (χ2n) is 3.97. The Bertz CT molecular complexity index is 667. The largest absolute Gasteiger partial charge is 0.481 e. The molecule has 0 atom stereocenters. The molecule has 2 aromatic rings. The first-order valence-electron chi connectivity index (χ1n) is 6.13. The first-order valence-corrected chi connectivity index (χ1v) is 6.13. The molecule has 20 heavy (non-hydrogen) atoms. The molecule has 0 fully saturated rings. The number of methoxy groups -OCH3 is 1. The van der Waals surface area contributed by atoms with Crippen molar-refractivity contribution in [3.8, 4) is 5.88 Å². The van der Waals surface area contributed by atoms with E-state index in [4.69, 9.17) is 9.47 Å². The number of rotatable bonds is 4. The van der Waals surface area contributed by atoms with Crippen molar-refractivity contribution in [3.63, 3.8) is 0 Å². The third kappa shape index (κ3) is 2.93. The lowest BCUT2D eigenvalue weighted by Gasteiger charge is -2.05. The van der Waals surface area contributed by atoms with Crippen molar-refractivity contribution in [2.24, 2.45) is 0 Å². The molecule has 0 saturated heterocycles. The number of hydrogen-bond acceptors (Lipinski definition) is 4. The van der Waals surface area contributed by atoms with Crippen molar-refractivity contribution >= 4 is 22.9 Å². The van der Waals surface area contributed by atoms with Gasteiger partial charge in [0.25, 0.3) is 0 Å². The van der Waals surface area contributed by atoms with Crippen LogP contribution in [0.15, 0.2) is 30.3 Å². The van der Waals surface area contributed by atoms with Crippen LogP contribution in [0.5, 0.6) is 5.88 Å². The normalized spacial score (nSPS) is 10.9. The maximum absolute atomic E-state index is 13.9. The molecule has 0 radical (unpaired) electrons. The Morgan fingerprint density at radius 2 is 2.10 bits per heavy atom. The average molecular weight is 275 g/mol. The molecule has 0 aliphatic heterocycles. The van der Waals surface area contributed by atoms with E-state index in [9.17, 15) is 9.18 Å². The lowest BCUT2D eigenvalue weighted by Crippen LogP contribution is -1.99. The van der Waals surface area contributed by atoms with Crippen LogP contribution >= 0.6 is 0 Å². The van der Waals surface area contributed by atoms with E-state index < -0.39 is 11.8 Å². The molecule has 5 heteroatoms. The standard InChI is InChI=1S/C15H14FNO3/c1-3-20-14(18)9-6-11-12(16)7-4-10-5-8-13(19-2)17-15(10)11/h4-9H,3H2,1-2H3/b9-6+. The molecule has 0 saturated carbocycles. The quantitative estimate of drug-likeness (QED) is 0.636. The molecular formula is C15H14FNO3. The van der Waals surface area contributed by atoms with Crippen LogP contribution in [0.1, 0.15) is 12.5 Å². The number of carbonyl (C=O) groups excluding carboxylic acids is 1. The number of carbonyl (C=O) groups is 1. The topological polar surface area (TPSA) is 48.4 Å². The maximum atomic E-state index is 13.9. The number of benzene rings is 1. The van der Waals surface area contributed by atoms with Crippen molar-refractivity contribution in [2.45, 2.75) is 6.92 Å². The zero-order valence-electron chi connectivity index (χ0n) is 11.2. The third-order valence-electron chi connectivity index (χ3n) is 2.70. The van der Waals surface area contributed by atoms with Gasteiger partial charge in [-0.1, -0.05) is 0 Å². The Hall–Kier alpha value is -2.43. The van der Waals surface area contributed by atoms with E-state index in [0.717, 1.165) is 5.39 Å². The fourth-order valence-corrected chi connectivity index (χ4v) is 1.78. The molecule has 0 spiro atoms. The molecule has 4 nitrogen and oxygen atoms in total. The van der Waals surface area contributed by atoms with Gasteiger partial charge in [0.2, 0.25) is 5.88 Å². The Kier molecular flexibility index (Phi) is 4.30. The Balaban J connectivity index is 2.49. The van der Waals surface area contributed by atoms with E-state index in [1.165, 1.54) is 25.3 Å². The van der Waals surface area contributed by atoms with Crippen LogP contribution < -0.4 is 4.74 Å². The Morgan fingerprint density at radius 1 is 1.35 bits per heavy atom. The highest BCUT2D eigenvalue weighted by atomic mass is 19.1. The van der Waals surface area contributed by atoms with Gasteiger partial charge in [-0.05, 0) is 31.2 Å². The number of aromatic nitrogens is 1. The minimum atomic E-state index is -0.521. The number of fused-ring (bicyclic) bond motifs is 1. The van der Waals surface area contributed by atoms with Gasteiger partial charge in [0.1, 0.15) is 5.82 Å². The molecule has 0 bridgehead atoms. The van der Waals surface area contributed by atoms with Gasteiger partial charge in [0.05, 0.1) is 19.2 Å². The summed E-state index contributed by atoms with van der Waals surface area (Å²) in [7, 11) is 1.49. The van der Waals surface area contributed by atoms with Gasteiger partial charge in [-0.15, -0.1) is 0 Å². The highest BCUT2D eigenvalue weighted by molar-refractivity contribution is 5.93. The van der Waals surface area contributed by atoms with E-state index in [1.807, 2.05) is 0 Å². The SMILES string of the molecule is CCOC(=O)/C=C/c1c(F)ccc2ccc(OC)nc12. The minimum absolute atomic E-state index is 0.231. The predicted octanol–water partition coefficient (Wildman–Crippen LogP) is 2.96. The number of halogens is 1. The second kappa shape index (κ2) is 6.14. The van der Waals surface area contributed by atoms with E-state index in [1.54, 1.807) is 25.1 Å². The van der Waals surface area contributed by atoms with Crippen molar-refractivity contribution in [3.05, 3.63) is 41.7 Å². The van der Waals surface area contributed by atoms with Gasteiger partial charge in [-0.2, -0.15) is 0 Å². The molecule has 0 aliphatic carbocycles. The summed E-state index contributed by atoms with van der Waals surface area (Å²) in [5, 5.41) is 0.760. The molecule has 0 N–H and O–H groups in total. The average Bonchev–Trinajstić information content (AvgIpc) is 2.46. The minimum Gasteiger partial charge on any atom is -0.481 e. The van der Waals surface area contributed by atoms with Crippen LogP contribution in [-0.4, -0.2) is 24.7 Å². The second-order valence-corrected chi connectivity index (χ2v) is 3.97. The summed E-state index contributed by atoms with van der Waals surface area (Å²) < 4.78 is 23.7. The van der Waals surface area contributed by atoms with E-state index >= 15 is 0 Å². The summed E-state index contributed by atoms with van der Waals surface area (Å²) in [5.41, 5.74) is 0.666. The molecule has 104 valence electrons. The molecule has 1 heterocycles. The predicted molar refractivity (Wildman–Crippen MR) is 73.9 cm³/mol. The molecular weight excluding hydrogens is 261 g/mol. The van der Waals surface area contributed by atoms with E-state index in [-0.39, 0.29) is 12.2 Å². The summed E-state index contributed by atoms with van der Waals surface area (Å²) in [4.78, 5) is 15.5. The molecule has 0 unspecified atom stereocenters. The van der Waals surface area contributed by atoms with Crippen molar-refractivity contribution in [2.75, 3.05) is 13.7 Å². The zero-order chi connectivity index (χ0) is 14.5. The summed E-state index contributed by atoms with van der Waals surface area (Å²) in [5.74, 6) is -0.598. The van der Waals surface area contributed by atoms with Gasteiger partial charge in [-0.3, -0.25) is 0 Å². The zero-order valence-corrected chi connectivity index (χ0v) is 11.2. The van der Waals surface area contributed by atoms with Crippen LogP contribution in [0.25, 0.3) is 17.0 Å². The molecule has 0 aliphatic rings. The van der Waals surface area contributed by atoms with Crippen LogP contribution in [0.4, 0.5) is 4.39 Å². The van der Waals surface area contributed by atoms with Crippen molar-refractivity contribution in [1.29, 1.82) is 0 Å². The number of nitrogens with zero attached hydrogens (tertiary/aromatic N) is 1. The lowest BCUT2D eigenvalue weighted by molar-refractivity contribution is -0.137. The van der Waals surface area contributed by atoms with Gasteiger partial charge in [-0.25, -0.2) is 14.2 Å². The van der Waals surface area contributed by atoms with Crippen molar-refractivity contribution in [1.82, 2.24) is 4.98 Å². The Labute approximate surface area is 115 Å². The third-order valence-corrected chi connectivity index (χ3v) is 2.70. The van der Waals surface area contributed by atoms with Gasteiger partial charge >= 0.3 is 5.97 Å². The first-order chi connectivity index (χ1) is 9.65. The lowest BCUT2D eigenvalue weighted by atomic mass is 10.1. The smallest absolute Gasteiger partial charge is 0.330 e. The molecule has 1 aromatic carbocycles. The summed E-state index contributed by atoms with van der Waals surface area (Å²) >= 11 is 0. The summed E-state index contributed by atoms with van der Waals surface area (Å²) in [6.07, 6.45) is 2.55. The molecule has 2 rings (SSSR count). The van der Waals surface area contributed by atoms with Crippen LogP contribution in [-0.2, 0) is 9.53 Å². The first kappa shape index (κ1) is 14.0. The monoisotopic (exact) mass is 275 g/mol. The van der Waals surface area contributed by atoms with Gasteiger partial charge < -0.3 is 9.47 Å². The van der Waals surface area contributed by atoms with Gasteiger partial charge in [0.15, 0.2) is 0 Å². The number of ether oxygens (including phenoxy) is 2. The van der Waals surface area contributed by atoms with Crippen LogP contribution in [0, 0.1) is 5.82 Å². The Morgan fingerprint density at radius 3 is 2.80 bits per heavy atom. The highest BCUT2D eigenvalue weighted by Crippen LogP contribution is 2.23. The van der Waals surface area contributed by atoms with Crippen molar-refractivity contribution < 1.29 is 18.7 Å². The fraction of sp³-hybridized carbons (Fsp3) is 0.200. The van der Waals surface area contributed by atoms with Gasteiger partial charge in [0, 0.05) is 23.1 Å². The van der Waals surface area contributed by atoms with E-state index in [0.29, 0.717) is 11.4 Å². The summed E-state index contributed by atoms with van der Waals surface area (Å²) in [6.45, 7) is 1.98. The maximum Gasteiger partial charge on any atom is 0.330 e. The van der Waals surface area contributed by atoms with E-state index in [2.05, 4.69) is 4.98 Å². The molecule has 0 amide bonds. The van der Waals surface area contributed by atoms with Crippen LogP contribution in [0.2, 0.25) is 0 Å². The summed E-state index contributed by atoms with van der Waals surface area (Å²) in [6, 6.07) is 6.43. The number of hydrogen-bond donors (Lipinski definition) is 0. The number of pyridine rings is 1. The number of esters is 1. The van der Waals surface area contributed by atoms with Crippen LogP contribution in [0.3, 0.4) is 0 Å².